The molecule has 0 atom stereocenters. The number of nitriles is 1. The highest BCUT2D eigenvalue weighted by molar-refractivity contribution is 5.94. The topological polar surface area (TPSA) is 56.1 Å². The van der Waals surface area contributed by atoms with Crippen LogP contribution in [0.4, 0.5) is 20.2 Å². The lowest BCUT2D eigenvalue weighted by atomic mass is 10.2. The van der Waals surface area contributed by atoms with Gasteiger partial charge in [-0.1, -0.05) is 6.07 Å². The van der Waals surface area contributed by atoms with Gasteiger partial charge in [0.05, 0.1) is 18.2 Å². The molecule has 1 amide bonds. The van der Waals surface area contributed by atoms with Gasteiger partial charge in [-0.2, -0.15) is 5.26 Å². The van der Waals surface area contributed by atoms with Gasteiger partial charge in [-0.05, 0) is 30.3 Å². The highest BCUT2D eigenvalue weighted by Gasteiger charge is 2.10. The van der Waals surface area contributed by atoms with E-state index in [4.69, 9.17) is 5.26 Å². The lowest BCUT2D eigenvalue weighted by molar-refractivity contribution is -0.114. The minimum Gasteiger partial charge on any atom is -0.365 e. The molecule has 0 aromatic heterocycles. The highest BCUT2D eigenvalue weighted by atomic mass is 19.2. The molecule has 0 radical (unpaired) electrons. The standard InChI is InChI=1S/C16H13F2N3O/c1-21(13-5-6-14(17)15(18)8-13)10-16(22)20-12-4-2-3-11(7-12)9-19/h2-8H,10H2,1H3,(H,20,22). The molecule has 6 heteroatoms. The van der Waals surface area contributed by atoms with Crippen molar-refractivity contribution in [3.05, 3.63) is 59.7 Å². The van der Waals surface area contributed by atoms with Crippen molar-refractivity contribution in [3.8, 4) is 6.07 Å². The maximum atomic E-state index is 13.2. The Morgan fingerprint density at radius 3 is 2.68 bits per heavy atom. The van der Waals surface area contributed by atoms with Crippen molar-refractivity contribution in [2.45, 2.75) is 0 Å². The zero-order chi connectivity index (χ0) is 16.1. The molecule has 0 unspecified atom stereocenters. The van der Waals surface area contributed by atoms with Crippen molar-refractivity contribution in [3.63, 3.8) is 0 Å². The summed E-state index contributed by atoms with van der Waals surface area (Å²) in [5, 5.41) is 11.4. The normalized spacial score (nSPS) is 9.91. The molecular weight excluding hydrogens is 288 g/mol. The summed E-state index contributed by atoms with van der Waals surface area (Å²) in [6.45, 7) is -0.0398. The predicted octanol–water partition coefficient (Wildman–Crippen LogP) is 2.91. The van der Waals surface area contributed by atoms with Crippen LogP contribution in [0.1, 0.15) is 5.56 Å². The molecule has 0 aliphatic heterocycles. The summed E-state index contributed by atoms with van der Waals surface area (Å²) in [5.41, 5.74) is 1.33. The first-order chi connectivity index (χ1) is 10.5. The van der Waals surface area contributed by atoms with Crippen molar-refractivity contribution < 1.29 is 13.6 Å². The average molecular weight is 301 g/mol. The molecule has 2 rings (SSSR count). The molecule has 22 heavy (non-hydrogen) atoms. The number of halogens is 2. The number of hydrogen-bond acceptors (Lipinski definition) is 3. The fraction of sp³-hybridized carbons (Fsp3) is 0.125. The number of rotatable bonds is 4. The maximum absolute atomic E-state index is 13.2. The molecule has 0 bridgehead atoms. The van der Waals surface area contributed by atoms with Gasteiger partial charge in [0, 0.05) is 24.5 Å². The molecule has 1 N–H and O–H groups in total. The van der Waals surface area contributed by atoms with E-state index in [2.05, 4.69) is 5.32 Å². The van der Waals surface area contributed by atoms with Gasteiger partial charge in [0.1, 0.15) is 0 Å². The van der Waals surface area contributed by atoms with Gasteiger partial charge in [-0.3, -0.25) is 4.79 Å². The van der Waals surface area contributed by atoms with Gasteiger partial charge in [0.15, 0.2) is 11.6 Å². The molecule has 0 saturated carbocycles. The monoisotopic (exact) mass is 301 g/mol. The molecular formula is C16H13F2N3O. The van der Waals surface area contributed by atoms with E-state index in [-0.39, 0.29) is 12.5 Å². The molecule has 112 valence electrons. The van der Waals surface area contributed by atoms with Crippen LogP contribution in [0.25, 0.3) is 0 Å². The Hall–Kier alpha value is -2.94. The number of nitrogens with one attached hydrogen (secondary N) is 1. The van der Waals surface area contributed by atoms with Crippen LogP contribution < -0.4 is 10.2 Å². The zero-order valence-corrected chi connectivity index (χ0v) is 11.8. The third-order valence-electron chi connectivity index (χ3n) is 3.00. The minimum absolute atomic E-state index is 0.0398. The van der Waals surface area contributed by atoms with Gasteiger partial charge >= 0.3 is 0 Å². The van der Waals surface area contributed by atoms with Gasteiger partial charge < -0.3 is 10.2 Å². The lowest BCUT2D eigenvalue weighted by Crippen LogP contribution is -2.30. The van der Waals surface area contributed by atoms with E-state index in [1.54, 1.807) is 31.3 Å². The minimum atomic E-state index is -0.966. The Morgan fingerprint density at radius 2 is 2.00 bits per heavy atom. The van der Waals surface area contributed by atoms with Gasteiger partial charge in [0.25, 0.3) is 0 Å². The Labute approximate surface area is 126 Å². The lowest BCUT2D eigenvalue weighted by Gasteiger charge is -2.19. The summed E-state index contributed by atoms with van der Waals surface area (Å²) < 4.78 is 26.1. The van der Waals surface area contributed by atoms with Crippen molar-refractivity contribution >= 4 is 17.3 Å². The van der Waals surface area contributed by atoms with E-state index in [0.717, 1.165) is 12.1 Å². The number of hydrogen-bond donors (Lipinski definition) is 1. The molecule has 0 aliphatic rings. The Balaban J connectivity index is 2.01. The molecule has 0 saturated heterocycles. The predicted molar refractivity (Wildman–Crippen MR) is 79.4 cm³/mol. The molecule has 0 fully saturated rings. The van der Waals surface area contributed by atoms with Crippen LogP contribution in [-0.2, 0) is 4.79 Å². The van der Waals surface area contributed by atoms with Crippen molar-refractivity contribution in [1.82, 2.24) is 0 Å². The largest absolute Gasteiger partial charge is 0.365 e. The van der Waals surface area contributed by atoms with Gasteiger partial charge in [0.2, 0.25) is 5.91 Å². The zero-order valence-electron chi connectivity index (χ0n) is 11.8. The number of nitrogens with zero attached hydrogens (tertiary/aromatic N) is 2. The molecule has 4 nitrogen and oxygen atoms in total. The number of anilines is 2. The first-order valence-electron chi connectivity index (χ1n) is 6.46. The summed E-state index contributed by atoms with van der Waals surface area (Å²) in [6, 6.07) is 11.9. The number of amides is 1. The second kappa shape index (κ2) is 6.68. The van der Waals surface area contributed by atoms with Crippen LogP contribution in [0.3, 0.4) is 0 Å². The Bertz CT molecular complexity index is 740. The molecule has 0 spiro atoms. The van der Waals surface area contributed by atoms with E-state index < -0.39 is 11.6 Å². The van der Waals surface area contributed by atoms with E-state index in [1.807, 2.05) is 6.07 Å². The Kier molecular flexibility index (Phi) is 4.69. The SMILES string of the molecule is CN(CC(=O)Nc1cccc(C#N)c1)c1ccc(F)c(F)c1. The van der Waals surface area contributed by atoms with Crippen molar-refractivity contribution in [1.29, 1.82) is 5.26 Å². The second-order valence-electron chi connectivity index (χ2n) is 4.70. The fourth-order valence-corrected chi connectivity index (χ4v) is 1.90. The van der Waals surface area contributed by atoms with E-state index >= 15 is 0 Å². The summed E-state index contributed by atoms with van der Waals surface area (Å²) >= 11 is 0. The average Bonchev–Trinajstić information content (AvgIpc) is 2.50. The van der Waals surface area contributed by atoms with E-state index in [1.165, 1.54) is 11.0 Å². The summed E-state index contributed by atoms with van der Waals surface area (Å²) in [6.07, 6.45) is 0. The number of carbonyl (C=O) groups excluding carboxylic acids is 1. The smallest absolute Gasteiger partial charge is 0.243 e. The first kappa shape index (κ1) is 15.4. The molecule has 0 heterocycles. The van der Waals surface area contributed by atoms with Crippen molar-refractivity contribution in [2.24, 2.45) is 0 Å². The van der Waals surface area contributed by atoms with Crippen LogP contribution in [0.15, 0.2) is 42.5 Å². The maximum Gasteiger partial charge on any atom is 0.243 e. The molecule has 2 aromatic carbocycles. The highest BCUT2D eigenvalue weighted by Crippen LogP contribution is 2.17. The summed E-state index contributed by atoms with van der Waals surface area (Å²) in [4.78, 5) is 13.4. The van der Waals surface area contributed by atoms with Crippen molar-refractivity contribution in [2.75, 3.05) is 23.8 Å². The molecule has 2 aromatic rings. The second-order valence-corrected chi connectivity index (χ2v) is 4.70. The number of likely N-dealkylation sites (N-methyl/N-ethyl adjacent to an activating group) is 1. The van der Waals surface area contributed by atoms with E-state index in [9.17, 15) is 13.6 Å². The third kappa shape index (κ3) is 3.79. The quantitative estimate of drug-likeness (QED) is 0.944. The van der Waals surface area contributed by atoms with Crippen LogP contribution in [0, 0.1) is 23.0 Å². The third-order valence-corrected chi connectivity index (χ3v) is 3.00. The van der Waals surface area contributed by atoms with Crippen LogP contribution in [0.5, 0.6) is 0 Å². The van der Waals surface area contributed by atoms with Crippen LogP contribution in [0.2, 0.25) is 0 Å². The fourth-order valence-electron chi connectivity index (χ4n) is 1.90. The van der Waals surface area contributed by atoms with E-state index in [0.29, 0.717) is 16.9 Å². The number of benzene rings is 2. The van der Waals surface area contributed by atoms with Gasteiger partial charge in [-0.15, -0.1) is 0 Å². The summed E-state index contributed by atoms with van der Waals surface area (Å²) in [5.74, 6) is -2.23. The van der Waals surface area contributed by atoms with Gasteiger partial charge in [-0.25, -0.2) is 8.78 Å². The van der Waals surface area contributed by atoms with Crippen LogP contribution in [-0.4, -0.2) is 19.5 Å². The van der Waals surface area contributed by atoms with Crippen LogP contribution >= 0.6 is 0 Å². The Morgan fingerprint density at radius 1 is 1.23 bits per heavy atom. The summed E-state index contributed by atoms with van der Waals surface area (Å²) in [7, 11) is 1.60. The number of carbonyl (C=O) groups is 1. The first-order valence-corrected chi connectivity index (χ1v) is 6.46. The molecule has 0 aliphatic carbocycles.